The average molecular weight is 1070 g/mol. The van der Waals surface area contributed by atoms with E-state index in [0.717, 1.165) is 38.5 Å². The normalized spacial score (nSPS) is 12.6. The van der Waals surface area contributed by atoms with Gasteiger partial charge in [0, 0.05) is 12.8 Å². The van der Waals surface area contributed by atoms with Crippen LogP contribution in [0.4, 0.5) is 0 Å². The van der Waals surface area contributed by atoms with Gasteiger partial charge in [0.05, 0.1) is 25.4 Å². The Morgan fingerprint density at radius 3 is 0.934 bits per heavy atom. The maximum absolute atomic E-state index is 12.5. The van der Waals surface area contributed by atoms with Crippen molar-refractivity contribution in [2.45, 2.75) is 398 Å². The van der Waals surface area contributed by atoms with E-state index in [1.54, 1.807) is 6.08 Å². The first-order valence-corrected chi connectivity index (χ1v) is 34.6. The fourth-order valence-corrected chi connectivity index (χ4v) is 10.9. The Balaban J connectivity index is 3.35. The third kappa shape index (κ3) is 61.6. The number of unbranched alkanes of at least 4 members (excludes halogenated alkanes) is 52. The second-order valence-corrected chi connectivity index (χ2v) is 23.9. The zero-order chi connectivity index (χ0) is 55.0. The Morgan fingerprint density at radius 1 is 0.355 bits per heavy atom. The van der Waals surface area contributed by atoms with Crippen molar-refractivity contribution in [1.29, 1.82) is 0 Å². The minimum atomic E-state index is -0.841. The third-order valence-electron chi connectivity index (χ3n) is 16.2. The quantitative estimate of drug-likeness (QED) is 0.0320. The van der Waals surface area contributed by atoms with E-state index in [-0.39, 0.29) is 18.5 Å². The molecule has 450 valence electrons. The van der Waals surface area contributed by atoms with E-state index < -0.39 is 12.1 Å². The fraction of sp³-hybridized carbons (Fsp3) is 0.914. The molecule has 0 bridgehead atoms. The molecule has 0 aliphatic heterocycles. The van der Waals surface area contributed by atoms with Gasteiger partial charge in [-0.25, -0.2) is 0 Å². The third-order valence-corrected chi connectivity index (χ3v) is 16.2. The molecule has 76 heavy (non-hydrogen) atoms. The number of aliphatic hydroxyl groups is 2. The number of aliphatic hydroxyl groups excluding tert-OH is 2. The molecule has 3 N–H and O–H groups in total. The van der Waals surface area contributed by atoms with Crippen LogP contribution in [0.15, 0.2) is 24.3 Å². The van der Waals surface area contributed by atoms with Crippen molar-refractivity contribution in [2.75, 3.05) is 13.2 Å². The van der Waals surface area contributed by atoms with Crippen LogP contribution in [0.25, 0.3) is 0 Å². The van der Waals surface area contributed by atoms with Crippen LogP contribution in [-0.2, 0) is 14.3 Å². The van der Waals surface area contributed by atoms with E-state index in [1.165, 1.54) is 321 Å². The van der Waals surface area contributed by atoms with Gasteiger partial charge >= 0.3 is 5.97 Å². The number of hydrogen-bond acceptors (Lipinski definition) is 5. The summed E-state index contributed by atoms with van der Waals surface area (Å²) in [5.41, 5.74) is 0. The first-order valence-electron chi connectivity index (χ1n) is 34.6. The highest BCUT2D eigenvalue weighted by Crippen LogP contribution is 2.18. The summed E-state index contributed by atoms with van der Waals surface area (Å²) in [5.74, 6) is -0.0432. The second kappa shape index (κ2) is 65.9. The van der Waals surface area contributed by atoms with Crippen LogP contribution in [0.2, 0.25) is 0 Å². The van der Waals surface area contributed by atoms with Crippen molar-refractivity contribution in [3.8, 4) is 0 Å². The van der Waals surface area contributed by atoms with Gasteiger partial charge in [-0.3, -0.25) is 9.59 Å². The van der Waals surface area contributed by atoms with Crippen LogP contribution >= 0.6 is 0 Å². The SMILES string of the molecule is CCCCCCCCCCCCC/C=C/C(O)C(CO)NC(=O)CCCCCCCCCCCCCCCCCC/C=C\CCCCCCCCCCCCCCOC(=O)CCCCCCCCCCCCCCCC. The molecule has 0 aliphatic carbocycles. The van der Waals surface area contributed by atoms with Crippen LogP contribution < -0.4 is 5.32 Å². The van der Waals surface area contributed by atoms with Gasteiger partial charge in [-0.15, -0.1) is 0 Å². The van der Waals surface area contributed by atoms with Crippen molar-refractivity contribution in [1.82, 2.24) is 5.32 Å². The number of carbonyl (C=O) groups is 2. The average Bonchev–Trinajstić information content (AvgIpc) is 3.42. The molecule has 0 spiro atoms. The Labute approximate surface area is 475 Å². The molecule has 6 heteroatoms. The van der Waals surface area contributed by atoms with E-state index in [9.17, 15) is 19.8 Å². The summed E-state index contributed by atoms with van der Waals surface area (Å²) in [5, 5.41) is 23.1. The lowest BCUT2D eigenvalue weighted by atomic mass is 10.0. The van der Waals surface area contributed by atoms with E-state index in [2.05, 4.69) is 31.3 Å². The molecule has 0 heterocycles. The van der Waals surface area contributed by atoms with E-state index in [0.29, 0.717) is 19.4 Å². The standard InChI is InChI=1S/C70H135NO5/c1-3-5-7-9-11-13-15-17-40-44-48-52-56-60-64-70(75)76-65-61-57-53-49-45-41-37-35-33-31-29-27-25-23-21-19-18-20-22-24-26-28-30-32-34-36-39-43-47-51-55-59-63-69(74)71-67(66-72)68(73)62-58-54-50-46-42-38-16-14-12-10-8-6-4-2/h21,23,58,62,67-68,72-73H,3-20,22,24-57,59-61,63-66H2,1-2H3,(H,71,74)/b23-21-,62-58+. The topological polar surface area (TPSA) is 95.9 Å². The number of allylic oxidation sites excluding steroid dienone is 3. The largest absolute Gasteiger partial charge is 0.466 e. The predicted octanol–water partition coefficient (Wildman–Crippen LogP) is 22.1. The van der Waals surface area contributed by atoms with Crippen LogP contribution in [0.5, 0.6) is 0 Å². The molecule has 0 saturated heterocycles. The lowest BCUT2D eigenvalue weighted by Crippen LogP contribution is -2.45. The summed E-state index contributed by atoms with van der Waals surface area (Å²) in [7, 11) is 0. The molecule has 0 fully saturated rings. The zero-order valence-electron chi connectivity index (χ0n) is 51.5. The van der Waals surface area contributed by atoms with Crippen LogP contribution in [-0.4, -0.2) is 47.4 Å². The van der Waals surface area contributed by atoms with Gasteiger partial charge in [-0.2, -0.15) is 0 Å². The van der Waals surface area contributed by atoms with E-state index >= 15 is 0 Å². The molecule has 0 saturated carbocycles. The number of nitrogens with one attached hydrogen (secondary N) is 1. The molecule has 0 rings (SSSR count). The minimum Gasteiger partial charge on any atom is -0.466 e. The molecule has 2 atom stereocenters. The molecular weight excluding hydrogens is 935 g/mol. The lowest BCUT2D eigenvalue weighted by molar-refractivity contribution is -0.143. The maximum atomic E-state index is 12.5. The molecule has 0 aromatic carbocycles. The molecule has 6 nitrogen and oxygen atoms in total. The summed E-state index contributed by atoms with van der Waals surface area (Å²) in [6, 6.07) is -0.625. The first kappa shape index (κ1) is 74.3. The monoisotopic (exact) mass is 1070 g/mol. The number of amides is 1. The molecule has 0 aromatic heterocycles. The summed E-state index contributed by atoms with van der Waals surface area (Å²) in [4.78, 5) is 24.5. The minimum absolute atomic E-state index is 0.0207. The van der Waals surface area contributed by atoms with Crippen molar-refractivity contribution in [3.05, 3.63) is 24.3 Å². The Morgan fingerprint density at radius 2 is 0.618 bits per heavy atom. The first-order chi connectivity index (χ1) is 37.5. The van der Waals surface area contributed by atoms with Crippen molar-refractivity contribution in [2.24, 2.45) is 0 Å². The van der Waals surface area contributed by atoms with Crippen molar-refractivity contribution in [3.63, 3.8) is 0 Å². The van der Waals surface area contributed by atoms with E-state index in [1.807, 2.05) is 6.08 Å². The highest BCUT2D eigenvalue weighted by molar-refractivity contribution is 5.76. The predicted molar refractivity (Wildman–Crippen MR) is 333 cm³/mol. The second-order valence-electron chi connectivity index (χ2n) is 23.9. The van der Waals surface area contributed by atoms with Gasteiger partial charge in [0.2, 0.25) is 5.91 Å². The molecule has 2 unspecified atom stereocenters. The number of ether oxygens (including phenoxy) is 1. The Bertz CT molecular complexity index is 1190. The van der Waals surface area contributed by atoms with Crippen LogP contribution in [0.1, 0.15) is 386 Å². The van der Waals surface area contributed by atoms with Crippen LogP contribution in [0, 0.1) is 0 Å². The van der Waals surface area contributed by atoms with Gasteiger partial charge in [0.1, 0.15) is 0 Å². The smallest absolute Gasteiger partial charge is 0.305 e. The Kier molecular flexibility index (Phi) is 64.4. The molecular formula is C70H135NO5. The van der Waals surface area contributed by atoms with Crippen molar-refractivity contribution >= 4 is 11.9 Å². The Hall–Kier alpha value is -1.66. The number of hydrogen-bond donors (Lipinski definition) is 3. The summed E-state index contributed by atoms with van der Waals surface area (Å²) in [6.07, 6.45) is 82.6. The summed E-state index contributed by atoms with van der Waals surface area (Å²) >= 11 is 0. The highest BCUT2D eigenvalue weighted by Gasteiger charge is 2.18. The van der Waals surface area contributed by atoms with Crippen LogP contribution in [0.3, 0.4) is 0 Å². The molecule has 1 amide bonds. The lowest BCUT2D eigenvalue weighted by Gasteiger charge is -2.20. The highest BCUT2D eigenvalue weighted by atomic mass is 16.5. The van der Waals surface area contributed by atoms with Gasteiger partial charge in [0.15, 0.2) is 0 Å². The van der Waals surface area contributed by atoms with Gasteiger partial charge in [0.25, 0.3) is 0 Å². The maximum Gasteiger partial charge on any atom is 0.305 e. The van der Waals surface area contributed by atoms with Crippen molar-refractivity contribution < 1.29 is 24.5 Å². The zero-order valence-corrected chi connectivity index (χ0v) is 51.5. The number of carbonyl (C=O) groups excluding carboxylic acids is 2. The molecule has 0 aromatic rings. The van der Waals surface area contributed by atoms with E-state index in [4.69, 9.17) is 4.74 Å². The number of esters is 1. The summed E-state index contributed by atoms with van der Waals surface area (Å²) in [6.45, 7) is 4.93. The molecule has 0 radical (unpaired) electrons. The van der Waals surface area contributed by atoms with Gasteiger partial charge < -0.3 is 20.3 Å². The summed E-state index contributed by atoms with van der Waals surface area (Å²) < 4.78 is 5.49. The number of rotatable bonds is 65. The fourth-order valence-electron chi connectivity index (χ4n) is 10.9. The molecule has 0 aliphatic rings. The van der Waals surface area contributed by atoms with Gasteiger partial charge in [-0.05, 0) is 57.8 Å². The van der Waals surface area contributed by atoms with Gasteiger partial charge in [-0.1, -0.05) is 340 Å².